The Hall–Kier alpha value is -1.03. The lowest BCUT2D eigenvalue weighted by atomic mass is 9.75. The van der Waals surface area contributed by atoms with Crippen molar-refractivity contribution in [2.75, 3.05) is 0 Å². The van der Waals surface area contributed by atoms with Crippen LogP contribution in [0.4, 0.5) is 0 Å². The Balaban J connectivity index is 2.15. The van der Waals surface area contributed by atoms with Gasteiger partial charge in [0.05, 0.1) is 0 Å². The number of nitrogens with two attached hydrogens (primary N) is 1. The number of hydrogen-bond acceptors (Lipinski definition) is 2. The van der Waals surface area contributed by atoms with Gasteiger partial charge in [-0.2, -0.15) is 0 Å². The summed E-state index contributed by atoms with van der Waals surface area (Å²) in [5, 5.41) is 7.52. The first-order chi connectivity index (χ1) is 9.88. The molecule has 3 N–H and O–H groups in total. The zero-order valence-electron chi connectivity index (χ0n) is 13.0. The maximum absolute atomic E-state index is 7.52. The number of ether oxygens (including phenoxy) is 1. The van der Waals surface area contributed by atoms with Crippen LogP contribution < -0.4 is 10.5 Å². The monoisotopic (exact) mass is 352 g/mol. The molecule has 0 radical (unpaired) electrons. The minimum Gasteiger partial charge on any atom is -0.490 e. The van der Waals surface area contributed by atoms with E-state index in [-0.39, 0.29) is 11.9 Å². The van der Waals surface area contributed by atoms with E-state index < -0.39 is 0 Å². The fourth-order valence-corrected chi connectivity index (χ4v) is 3.78. The number of rotatable bonds is 4. The van der Waals surface area contributed by atoms with Gasteiger partial charge in [0.1, 0.15) is 17.7 Å². The highest BCUT2D eigenvalue weighted by atomic mass is 79.9. The van der Waals surface area contributed by atoms with Crippen LogP contribution in [0.25, 0.3) is 0 Å². The summed E-state index contributed by atoms with van der Waals surface area (Å²) in [6, 6.07) is 5.68. The Bertz CT molecular complexity index is 516. The fourth-order valence-electron chi connectivity index (χ4n) is 3.21. The molecule has 1 saturated carbocycles. The van der Waals surface area contributed by atoms with Gasteiger partial charge in [-0.3, -0.25) is 5.41 Å². The molecule has 0 aromatic heterocycles. The predicted octanol–water partition coefficient (Wildman–Crippen LogP) is 4.57. The highest BCUT2D eigenvalue weighted by Gasteiger charge is 2.32. The van der Waals surface area contributed by atoms with Gasteiger partial charge in [0.2, 0.25) is 0 Å². The van der Waals surface area contributed by atoms with Crippen LogP contribution in [-0.2, 0) is 0 Å². The van der Waals surface area contributed by atoms with Gasteiger partial charge in [-0.25, -0.2) is 0 Å². The van der Waals surface area contributed by atoms with Crippen LogP contribution in [0.5, 0.6) is 5.75 Å². The molecule has 3 nitrogen and oxygen atoms in total. The number of amidine groups is 1. The van der Waals surface area contributed by atoms with Crippen molar-refractivity contribution in [3.05, 3.63) is 28.2 Å². The van der Waals surface area contributed by atoms with E-state index in [2.05, 4.69) is 36.7 Å². The Morgan fingerprint density at radius 1 is 1.38 bits per heavy atom. The first-order valence-corrected chi connectivity index (χ1v) is 8.48. The van der Waals surface area contributed by atoms with E-state index in [0.717, 1.165) is 22.6 Å². The quantitative estimate of drug-likeness (QED) is 0.615. The Morgan fingerprint density at radius 3 is 2.67 bits per heavy atom. The van der Waals surface area contributed by atoms with Crippen LogP contribution >= 0.6 is 15.9 Å². The number of halogens is 1. The first-order valence-electron chi connectivity index (χ1n) is 7.69. The average molecular weight is 353 g/mol. The lowest BCUT2D eigenvalue weighted by molar-refractivity contribution is 0.0460. The van der Waals surface area contributed by atoms with Gasteiger partial charge in [0, 0.05) is 10.0 Å². The molecule has 1 aromatic carbocycles. The third-order valence-corrected chi connectivity index (χ3v) is 5.14. The molecular weight excluding hydrogens is 328 g/mol. The summed E-state index contributed by atoms with van der Waals surface area (Å²) in [6.45, 7) is 6.87. The Morgan fingerprint density at radius 2 is 2.10 bits per heavy atom. The molecule has 21 heavy (non-hydrogen) atoms. The summed E-state index contributed by atoms with van der Waals surface area (Å²) in [4.78, 5) is 0. The average Bonchev–Trinajstić information content (AvgIpc) is 2.37. The molecule has 1 aliphatic rings. The summed E-state index contributed by atoms with van der Waals surface area (Å²) >= 11 is 3.47. The minimum atomic E-state index is 0.0692. The lowest BCUT2D eigenvalue weighted by Gasteiger charge is -2.37. The first kappa shape index (κ1) is 16.3. The van der Waals surface area contributed by atoms with Gasteiger partial charge in [-0.15, -0.1) is 0 Å². The van der Waals surface area contributed by atoms with Crippen molar-refractivity contribution in [3.8, 4) is 5.75 Å². The third kappa shape index (κ3) is 4.00. The molecule has 1 aromatic rings. The van der Waals surface area contributed by atoms with Gasteiger partial charge in [0.25, 0.3) is 0 Å². The Labute approximate surface area is 135 Å². The topological polar surface area (TPSA) is 59.1 Å². The summed E-state index contributed by atoms with van der Waals surface area (Å²) < 4.78 is 7.09. The molecule has 1 fully saturated rings. The summed E-state index contributed by atoms with van der Waals surface area (Å²) in [5.74, 6) is 2.91. The van der Waals surface area contributed by atoms with Crippen LogP contribution in [0.3, 0.4) is 0 Å². The van der Waals surface area contributed by atoms with Crippen molar-refractivity contribution >= 4 is 21.8 Å². The summed E-state index contributed by atoms with van der Waals surface area (Å²) in [6.07, 6.45) is 3.95. The van der Waals surface area contributed by atoms with Gasteiger partial charge in [-0.05, 0) is 64.7 Å². The van der Waals surface area contributed by atoms with Crippen molar-refractivity contribution in [2.24, 2.45) is 23.5 Å². The normalized spacial score (nSPS) is 25.9. The molecule has 0 bridgehead atoms. The van der Waals surface area contributed by atoms with Gasteiger partial charge < -0.3 is 10.5 Å². The van der Waals surface area contributed by atoms with Crippen molar-refractivity contribution < 1.29 is 4.74 Å². The number of benzene rings is 1. The highest BCUT2D eigenvalue weighted by Crippen LogP contribution is 2.36. The van der Waals surface area contributed by atoms with E-state index in [9.17, 15) is 0 Å². The van der Waals surface area contributed by atoms with Gasteiger partial charge in [-0.1, -0.05) is 27.2 Å². The van der Waals surface area contributed by atoms with Crippen molar-refractivity contribution in [1.82, 2.24) is 0 Å². The van der Waals surface area contributed by atoms with Crippen molar-refractivity contribution in [1.29, 1.82) is 5.41 Å². The fraction of sp³-hybridized carbons (Fsp3) is 0.588. The van der Waals surface area contributed by atoms with Crippen LogP contribution in [0.2, 0.25) is 0 Å². The molecule has 4 heteroatoms. The summed E-state index contributed by atoms with van der Waals surface area (Å²) in [5.41, 5.74) is 6.25. The van der Waals surface area contributed by atoms with Crippen LogP contribution in [-0.4, -0.2) is 11.9 Å². The van der Waals surface area contributed by atoms with E-state index in [1.165, 1.54) is 12.8 Å². The molecule has 0 heterocycles. The second-order valence-electron chi connectivity index (χ2n) is 6.54. The second-order valence-corrected chi connectivity index (χ2v) is 7.39. The maximum Gasteiger partial charge on any atom is 0.123 e. The van der Waals surface area contributed by atoms with Gasteiger partial charge in [0.15, 0.2) is 0 Å². The van der Waals surface area contributed by atoms with Crippen LogP contribution in [0.1, 0.15) is 45.6 Å². The van der Waals surface area contributed by atoms with E-state index in [4.69, 9.17) is 15.9 Å². The van der Waals surface area contributed by atoms with Crippen LogP contribution in [0, 0.1) is 23.2 Å². The lowest BCUT2D eigenvalue weighted by Crippen LogP contribution is -2.36. The molecule has 0 amide bonds. The van der Waals surface area contributed by atoms with E-state index in [1.54, 1.807) is 0 Å². The largest absolute Gasteiger partial charge is 0.490 e. The third-order valence-electron chi connectivity index (χ3n) is 4.48. The number of hydrogen-bond donors (Lipinski definition) is 2. The number of nitrogen functional groups attached to an aromatic ring is 1. The molecule has 1 aliphatic carbocycles. The second kappa shape index (κ2) is 6.82. The summed E-state index contributed by atoms with van der Waals surface area (Å²) in [7, 11) is 0. The molecule has 3 atom stereocenters. The van der Waals surface area contributed by atoms with E-state index >= 15 is 0 Å². The smallest absolute Gasteiger partial charge is 0.123 e. The van der Waals surface area contributed by atoms with Crippen molar-refractivity contribution in [3.63, 3.8) is 0 Å². The molecule has 116 valence electrons. The molecule has 0 saturated heterocycles. The minimum absolute atomic E-state index is 0.0692. The highest BCUT2D eigenvalue weighted by molar-refractivity contribution is 9.10. The molecule has 3 unspecified atom stereocenters. The zero-order chi connectivity index (χ0) is 15.6. The van der Waals surface area contributed by atoms with Crippen LogP contribution in [0.15, 0.2) is 22.7 Å². The van der Waals surface area contributed by atoms with Crippen molar-refractivity contribution in [2.45, 2.75) is 46.1 Å². The maximum atomic E-state index is 7.52. The standard InChI is InChI=1S/C17H25BrN2O/c1-10(2)13-6-4-11(3)8-16(13)21-12-5-7-14(17(19)20)15(18)9-12/h5,7,9-11,13,16H,4,6,8H2,1-3H3,(H3,19,20). The molecular formula is C17H25BrN2O. The van der Waals surface area contributed by atoms with Gasteiger partial charge >= 0.3 is 0 Å². The molecule has 2 rings (SSSR count). The van der Waals surface area contributed by atoms with E-state index in [1.807, 2.05) is 18.2 Å². The Kier molecular flexibility index (Phi) is 5.31. The number of nitrogens with one attached hydrogen (secondary N) is 1. The molecule has 0 aliphatic heterocycles. The SMILES string of the molecule is CC1CCC(C(C)C)C(Oc2ccc(C(=N)N)c(Br)c2)C1. The predicted molar refractivity (Wildman–Crippen MR) is 90.9 cm³/mol. The zero-order valence-corrected chi connectivity index (χ0v) is 14.6. The van der Waals surface area contributed by atoms with E-state index in [0.29, 0.717) is 17.4 Å². The molecule has 0 spiro atoms.